The monoisotopic (exact) mass is 264 g/mol. The van der Waals surface area contributed by atoms with E-state index in [1.54, 1.807) is 0 Å². The number of nitrogens with one attached hydrogen (secondary N) is 1. The highest BCUT2D eigenvalue weighted by molar-refractivity contribution is 4.97. The molecule has 0 aromatic rings. The Morgan fingerprint density at radius 3 is 2.26 bits per heavy atom. The fourth-order valence-electron chi connectivity index (χ4n) is 4.84. The highest BCUT2D eigenvalue weighted by Crippen LogP contribution is 2.38. The molecule has 1 N–H and O–H groups in total. The van der Waals surface area contributed by atoms with Gasteiger partial charge in [0.1, 0.15) is 0 Å². The van der Waals surface area contributed by atoms with Gasteiger partial charge in [0.15, 0.2) is 0 Å². The summed E-state index contributed by atoms with van der Waals surface area (Å²) in [6.07, 6.45) is 12.8. The highest BCUT2D eigenvalue weighted by Gasteiger charge is 2.39. The fourth-order valence-corrected chi connectivity index (χ4v) is 4.84. The quantitative estimate of drug-likeness (QED) is 0.820. The van der Waals surface area contributed by atoms with E-state index in [2.05, 4.69) is 31.1 Å². The molecule has 2 bridgehead atoms. The molecule has 0 aromatic carbocycles. The molecule has 2 heterocycles. The Bertz CT molecular complexity index is 298. The second-order valence-corrected chi connectivity index (χ2v) is 8.03. The minimum absolute atomic E-state index is 0.511. The molecule has 2 nitrogen and oxygen atoms in total. The second kappa shape index (κ2) is 5.37. The van der Waals surface area contributed by atoms with Crippen molar-refractivity contribution >= 4 is 0 Å². The van der Waals surface area contributed by atoms with E-state index >= 15 is 0 Å². The van der Waals surface area contributed by atoms with E-state index < -0.39 is 0 Å². The summed E-state index contributed by atoms with van der Waals surface area (Å²) in [5, 5.41) is 4.07. The molecule has 110 valence electrons. The first kappa shape index (κ1) is 13.9. The Morgan fingerprint density at radius 2 is 1.63 bits per heavy atom. The summed E-state index contributed by atoms with van der Waals surface area (Å²) in [5.74, 6) is 0. The Labute approximate surface area is 119 Å². The molecule has 1 saturated carbocycles. The molecule has 0 spiro atoms. The number of rotatable bonds is 2. The van der Waals surface area contributed by atoms with E-state index in [4.69, 9.17) is 0 Å². The zero-order chi connectivity index (χ0) is 13.5. The minimum atomic E-state index is 0.511. The van der Waals surface area contributed by atoms with Gasteiger partial charge in [0.25, 0.3) is 0 Å². The van der Waals surface area contributed by atoms with Crippen molar-refractivity contribution in [1.82, 2.24) is 10.2 Å². The predicted molar refractivity (Wildman–Crippen MR) is 81.4 cm³/mol. The van der Waals surface area contributed by atoms with Crippen molar-refractivity contribution in [2.24, 2.45) is 5.41 Å². The van der Waals surface area contributed by atoms with Gasteiger partial charge < -0.3 is 10.2 Å². The number of hydrogen-bond donors (Lipinski definition) is 1. The Morgan fingerprint density at radius 1 is 0.947 bits per heavy atom. The van der Waals surface area contributed by atoms with Crippen LogP contribution in [0.4, 0.5) is 0 Å². The standard InChI is InChI=1S/C17H32N2/c1-17(2)10-5-4-9-16(17)18-13-11-14-7-6-8-15(12-13)19(14)3/h13-16,18H,4-12H2,1-3H3. The van der Waals surface area contributed by atoms with Crippen LogP contribution in [0, 0.1) is 5.41 Å². The summed E-state index contributed by atoms with van der Waals surface area (Å²) in [7, 11) is 2.36. The topological polar surface area (TPSA) is 15.3 Å². The third kappa shape index (κ3) is 2.85. The van der Waals surface area contributed by atoms with Crippen molar-refractivity contribution in [2.45, 2.75) is 95.8 Å². The second-order valence-electron chi connectivity index (χ2n) is 8.03. The smallest absolute Gasteiger partial charge is 0.0121 e. The van der Waals surface area contributed by atoms with E-state index in [-0.39, 0.29) is 0 Å². The average Bonchev–Trinajstić information content (AvgIpc) is 2.33. The van der Waals surface area contributed by atoms with Crippen LogP contribution in [0.15, 0.2) is 0 Å². The molecule has 3 atom stereocenters. The van der Waals surface area contributed by atoms with Crippen LogP contribution in [0.1, 0.15) is 71.6 Å². The van der Waals surface area contributed by atoms with Gasteiger partial charge in [-0.1, -0.05) is 33.1 Å². The van der Waals surface area contributed by atoms with Crippen LogP contribution in [0.3, 0.4) is 0 Å². The molecule has 19 heavy (non-hydrogen) atoms. The highest BCUT2D eigenvalue weighted by atomic mass is 15.2. The molecular formula is C17H32N2. The van der Waals surface area contributed by atoms with Crippen molar-refractivity contribution in [2.75, 3.05) is 7.05 Å². The molecule has 3 aliphatic rings. The number of hydrogen-bond acceptors (Lipinski definition) is 2. The van der Waals surface area contributed by atoms with Crippen LogP contribution in [0.25, 0.3) is 0 Å². The Hall–Kier alpha value is -0.0800. The molecule has 3 unspecified atom stereocenters. The van der Waals surface area contributed by atoms with Gasteiger partial charge in [-0.2, -0.15) is 0 Å². The summed E-state index contributed by atoms with van der Waals surface area (Å²) in [6, 6.07) is 3.26. The summed E-state index contributed by atoms with van der Waals surface area (Å²) >= 11 is 0. The molecule has 0 amide bonds. The average molecular weight is 264 g/mol. The molecule has 2 saturated heterocycles. The van der Waals surface area contributed by atoms with Crippen molar-refractivity contribution in [1.29, 1.82) is 0 Å². The third-order valence-corrected chi connectivity index (χ3v) is 6.28. The molecule has 0 aromatic heterocycles. The fraction of sp³-hybridized carbons (Fsp3) is 1.00. The van der Waals surface area contributed by atoms with E-state index in [0.29, 0.717) is 5.41 Å². The van der Waals surface area contributed by atoms with Crippen molar-refractivity contribution in [3.8, 4) is 0 Å². The lowest BCUT2D eigenvalue weighted by Gasteiger charge is -2.49. The van der Waals surface area contributed by atoms with Gasteiger partial charge in [-0.3, -0.25) is 0 Å². The van der Waals surface area contributed by atoms with Crippen LogP contribution < -0.4 is 5.32 Å². The van der Waals surface area contributed by atoms with Crippen molar-refractivity contribution in [3.63, 3.8) is 0 Å². The molecule has 3 rings (SSSR count). The lowest BCUT2D eigenvalue weighted by Crippen LogP contribution is -2.58. The number of nitrogens with zero attached hydrogens (tertiary/aromatic N) is 1. The van der Waals surface area contributed by atoms with Gasteiger partial charge in [0.05, 0.1) is 0 Å². The molecular weight excluding hydrogens is 232 g/mol. The summed E-state index contributed by atoms with van der Waals surface area (Å²) in [5.41, 5.74) is 0.511. The SMILES string of the molecule is CN1C2CCCC1CC(NC1CCCCC1(C)C)C2. The summed E-state index contributed by atoms with van der Waals surface area (Å²) in [4.78, 5) is 2.67. The minimum Gasteiger partial charge on any atom is -0.311 e. The van der Waals surface area contributed by atoms with Gasteiger partial charge >= 0.3 is 0 Å². The lowest BCUT2D eigenvalue weighted by molar-refractivity contribution is 0.0357. The number of piperidine rings is 2. The third-order valence-electron chi connectivity index (χ3n) is 6.28. The van der Waals surface area contributed by atoms with Crippen LogP contribution in [0.2, 0.25) is 0 Å². The zero-order valence-electron chi connectivity index (χ0n) is 13.1. The van der Waals surface area contributed by atoms with E-state index in [1.165, 1.54) is 57.8 Å². The van der Waals surface area contributed by atoms with Gasteiger partial charge in [0.2, 0.25) is 0 Å². The van der Waals surface area contributed by atoms with Crippen LogP contribution in [-0.2, 0) is 0 Å². The van der Waals surface area contributed by atoms with Crippen LogP contribution >= 0.6 is 0 Å². The van der Waals surface area contributed by atoms with Gasteiger partial charge in [-0.05, 0) is 51.0 Å². The van der Waals surface area contributed by atoms with Crippen LogP contribution in [-0.4, -0.2) is 36.1 Å². The maximum Gasteiger partial charge on any atom is 0.0121 e. The molecule has 1 aliphatic carbocycles. The maximum absolute atomic E-state index is 4.07. The van der Waals surface area contributed by atoms with Crippen molar-refractivity contribution < 1.29 is 0 Å². The van der Waals surface area contributed by atoms with Crippen LogP contribution in [0.5, 0.6) is 0 Å². The summed E-state index contributed by atoms with van der Waals surface area (Å²) in [6.45, 7) is 4.94. The molecule has 2 aliphatic heterocycles. The van der Waals surface area contributed by atoms with E-state index in [0.717, 1.165) is 24.2 Å². The molecule has 2 heteroatoms. The first-order valence-electron chi connectivity index (χ1n) is 8.54. The first-order valence-corrected chi connectivity index (χ1v) is 8.54. The zero-order valence-corrected chi connectivity index (χ0v) is 13.1. The predicted octanol–water partition coefficient (Wildman–Crippen LogP) is 3.56. The molecule has 0 radical (unpaired) electrons. The summed E-state index contributed by atoms with van der Waals surface area (Å²) < 4.78 is 0. The Balaban J connectivity index is 1.61. The maximum atomic E-state index is 4.07. The molecule has 3 fully saturated rings. The van der Waals surface area contributed by atoms with Gasteiger partial charge in [-0.25, -0.2) is 0 Å². The van der Waals surface area contributed by atoms with E-state index in [1.807, 2.05) is 0 Å². The normalized spacial score (nSPS) is 43.1. The Kier molecular flexibility index (Phi) is 3.92. The van der Waals surface area contributed by atoms with Gasteiger partial charge in [-0.15, -0.1) is 0 Å². The van der Waals surface area contributed by atoms with E-state index in [9.17, 15) is 0 Å². The first-order chi connectivity index (χ1) is 9.06. The van der Waals surface area contributed by atoms with Gasteiger partial charge in [0, 0.05) is 24.2 Å². The number of fused-ring (bicyclic) bond motifs is 2. The lowest BCUT2D eigenvalue weighted by atomic mass is 9.72. The van der Waals surface area contributed by atoms with Crippen molar-refractivity contribution in [3.05, 3.63) is 0 Å². The largest absolute Gasteiger partial charge is 0.311 e.